The minimum absolute atomic E-state index is 0.123. The van der Waals surface area contributed by atoms with Crippen LogP contribution >= 0.6 is 23.1 Å². The van der Waals surface area contributed by atoms with Crippen LogP contribution in [0.3, 0.4) is 0 Å². The molecule has 0 unspecified atom stereocenters. The van der Waals surface area contributed by atoms with Crippen LogP contribution in [0.2, 0.25) is 0 Å². The number of hydrogen-bond acceptors (Lipinski definition) is 11. The number of carbonyl (C=O) groups is 3. The first-order chi connectivity index (χ1) is 18.3. The molecule has 2 atom stereocenters. The van der Waals surface area contributed by atoms with Crippen molar-refractivity contribution in [3.8, 4) is 0 Å². The molecule has 2 aliphatic heterocycles. The number of nitrogens with two attached hydrogens (primary N) is 1. The maximum Gasteiger partial charge on any atom is 0.352 e. The van der Waals surface area contributed by atoms with Gasteiger partial charge in [0, 0.05) is 22.8 Å². The average Bonchev–Trinajstić information content (AvgIpc) is 3.49. The number of β-lactam (4-membered cyclic amide) rings is 1. The van der Waals surface area contributed by atoms with Crippen LogP contribution < -0.4 is 15.6 Å². The van der Waals surface area contributed by atoms with Gasteiger partial charge in [-0.2, -0.15) is 4.40 Å². The highest BCUT2D eigenvalue weighted by atomic mass is 32.2. The number of amides is 2. The van der Waals surface area contributed by atoms with Gasteiger partial charge in [-0.3, -0.25) is 14.5 Å². The van der Waals surface area contributed by atoms with Crippen LogP contribution in [-0.2, 0) is 25.8 Å². The third-order valence-corrected chi connectivity index (χ3v) is 7.96. The fraction of sp³-hybridized carbons (Fsp3) is 0.227. The topological polar surface area (TPSA) is 188 Å². The van der Waals surface area contributed by atoms with Gasteiger partial charge in [-0.15, -0.1) is 23.1 Å². The number of nitrogen functional groups attached to an aromatic ring is 1. The quantitative estimate of drug-likeness (QED) is 0.0961. The van der Waals surface area contributed by atoms with Crippen molar-refractivity contribution in [1.29, 1.82) is 0 Å². The van der Waals surface area contributed by atoms with Gasteiger partial charge >= 0.3 is 5.97 Å². The molecule has 3 aromatic heterocycles. The van der Waals surface area contributed by atoms with Gasteiger partial charge in [0.2, 0.25) is 0 Å². The number of nitrogens with one attached hydrogen (secondary N) is 1. The maximum absolute atomic E-state index is 13.1. The van der Waals surface area contributed by atoms with Crippen LogP contribution in [0.5, 0.6) is 0 Å². The predicted octanol–water partition coefficient (Wildman–Crippen LogP) is -0.137. The molecule has 2 amide bonds. The number of aliphatic carboxylic acids is 1. The highest BCUT2D eigenvalue weighted by Gasteiger charge is 2.54. The van der Waals surface area contributed by atoms with E-state index in [0.29, 0.717) is 17.0 Å². The lowest BCUT2D eigenvalue weighted by atomic mass is 10.0. The number of aromatic nitrogens is 3. The molecule has 5 rings (SSSR count). The molecule has 0 saturated carbocycles. The third-order valence-electron chi connectivity index (χ3n) is 5.95. The van der Waals surface area contributed by atoms with Crippen LogP contribution in [0.1, 0.15) is 11.4 Å². The normalized spacial score (nSPS) is 19.6. The zero-order chi connectivity index (χ0) is 27.0. The van der Waals surface area contributed by atoms with Crippen molar-refractivity contribution < 1.29 is 34.1 Å². The van der Waals surface area contributed by atoms with E-state index >= 15 is 0 Å². The summed E-state index contributed by atoms with van der Waals surface area (Å²) in [5.74, 6) is -2.19. The van der Waals surface area contributed by atoms with E-state index in [1.165, 1.54) is 35.4 Å². The van der Waals surface area contributed by atoms with E-state index in [1.54, 1.807) is 16.8 Å². The largest absolute Gasteiger partial charge is 0.477 e. The fourth-order valence-corrected chi connectivity index (χ4v) is 6.25. The second kappa shape index (κ2) is 10.1. The van der Waals surface area contributed by atoms with Gasteiger partial charge in [-0.1, -0.05) is 16.4 Å². The molecule has 0 radical (unpaired) electrons. The highest BCUT2D eigenvalue weighted by molar-refractivity contribution is 8.00. The van der Waals surface area contributed by atoms with E-state index in [9.17, 15) is 19.5 Å². The highest BCUT2D eigenvalue weighted by Crippen LogP contribution is 2.40. The van der Waals surface area contributed by atoms with Gasteiger partial charge in [0.25, 0.3) is 17.5 Å². The zero-order valence-corrected chi connectivity index (χ0v) is 21.3. The minimum Gasteiger partial charge on any atom is -0.477 e. The standard InChI is InChI=1S/C22H20N8O6S2/c1-36-27-15(13-10-38-22(23)25-13)18(31)26-16-19(32)30-17(21(33)34)11(9-37-20(16)30)7-28-8-12(6-24-35)29-5-3-2-4-14(28)29/h2-6,8,10,16,20H,7,9H2,1H3,(H4-,23,25,26,31,33,34,35)/p+1/b24-6?,27-15-/t16-,20-/m1/s1. The second-order valence-electron chi connectivity index (χ2n) is 8.17. The smallest absolute Gasteiger partial charge is 0.352 e. The van der Waals surface area contributed by atoms with Crippen LogP contribution in [0, 0.1) is 0 Å². The number of carbonyl (C=O) groups excluding carboxylic acids is 2. The number of rotatable bonds is 8. The molecule has 38 heavy (non-hydrogen) atoms. The monoisotopic (exact) mass is 557 g/mol. The van der Waals surface area contributed by atoms with Crippen molar-refractivity contribution >= 4 is 63.6 Å². The Morgan fingerprint density at radius 3 is 2.92 bits per heavy atom. The van der Waals surface area contributed by atoms with Crippen LogP contribution in [0.25, 0.3) is 5.65 Å². The van der Waals surface area contributed by atoms with E-state index < -0.39 is 29.2 Å². The molecule has 2 aliphatic rings. The van der Waals surface area contributed by atoms with E-state index in [-0.39, 0.29) is 28.8 Å². The lowest BCUT2D eigenvalue weighted by Crippen LogP contribution is -2.71. The fourth-order valence-electron chi connectivity index (χ4n) is 4.37. The third kappa shape index (κ3) is 4.32. The molecular formula is C22H21N8O6S2+. The minimum atomic E-state index is -1.25. The predicted molar refractivity (Wildman–Crippen MR) is 137 cm³/mol. The Labute approximate surface area is 222 Å². The number of pyridine rings is 1. The summed E-state index contributed by atoms with van der Waals surface area (Å²) in [6, 6.07) is 4.52. The Balaban J connectivity index is 1.40. The molecule has 196 valence electrons. The number of nitrogens with zero attached hydrogens (tertiary/aromatic N) is 6. The van der Waals surface area contributed by atoms with E-state index in [0.717, 1.165) is 17.0 Å². The molecular weight excluding hydrogens is 536 g/mol. The van der Waals surface area contributed by atoms with Gasteiger partial charge < -0.3 is 26.2 Å². The molecule has 1 fully saturated rings. The number of fused-ring (bicyclic) bond motifs is 2. The number of oxime groups is 2. The summed E-state index contributed by atoms with van der Waals surface area (Å²) in [6.45, 7) is 0.185. The van der Waals surface area contributed by atoms with E-state index in [1.807, 2.05) is 22.8 Å². The summed E-state index contributed by atoms with van der Waals surface area (Å²) in [5.41, 5.74) is 7.41. The lowest BCUT2D eigenvalue weighted by molar-refractivity contribution is -0.662. The molecule has 1 saturated heterocycles. The van der Waals surface area contributed by atoms with Crippen molar-refractivity contribution in [2.45, 2.75) is 18.0 Å². The van der Waals surface area contributed by atoms with Crippen molar-refractivity contribution in [1.82, 2.24) is 19.6 Å². The second-order valence-corrected chi connectivity index (χ2v) is 10.2. The van der Waals surface area contributed by atoms with Crippen molar-refractivity contribution in [2.24, 2.45) is 10.3 Å². The number of anilines is 1. The van der Waals surface area contributed by atoms with Crippen molar-refractivity contribution in [3.63, 3.8) is 0 Å². The zero-order valence-electron chi connectivity index (χ0n) is 19.7. The number of hydrogen-bond donors (Lipinski definition) is 4. The Morgan fingerprint density at radius 1 is 1.42 bits per heavy atom. The summed E-state index contributed by atoms with van der Waals surface area (Å²) < 4.78 is 3.60. The number of carboxylic acids is 1. The molecule has 5 N–H and O–H groups in total. The summed E-state index contributed by atoms with van der Waals surface area (Å²) >= 11 is 2.46. The number of thiazole rings is 1. The number of carboxylic acid groups (broad SMARTS) is 1. The summed E-state index contributed by atoms with van der Waals surface area (Å²) in [7, 11) is 1.27. The molecule has 16 heteroatoms. The molecule has 0 aromatic carbocycles. The molecule has 3 aromatic rings. The number of imidazole rings is 1. The van der Waals surface area contributed by atoms with Crippen LogP contribution in [0.15, 0.2) is 57.6 Å². The van der Waals surface area contributed by atoms with Crippen molar-refractivity contribution in [3.05, 3.63) is 58.6 Å². The van der Waals surface area contributed by atoms with E-state index in [2.05, 4.69) is 20.6 Å². The number of thioether (sulfide) groups is 1. The SMILES string of the molecule is CO/N=C(\C(=O)N[C@@H]1C(=O)N2C(C(=O)O)=C(C[n+]3cc(C=NO)n4ccccc43)CS[C@H]12)c1csc(N)n1. The van der Waals surface area contributed by atoms with Crippen molar-refractivity contribution in [2.75, 3.05) is 18.6 Å². The molecule has 0 aliphatic carbocycles. The van der Waals surface area contributed by atoms with Gasteiger partial charge in [0.15, 0.2) is 16.5 Å². The summed E-state index contributed by atoms with van der Waals surface area (Å²) in [6.07, 6.45) is 4.78. The first-order valence-electron chi connectivity index (χ1n) is 11.0. The van der Waals surface area contributed by atoms with Gasteiger partial charge in [0.05, 0.1) is 6.20 Å². The lowest BCUT2D eigenvalue weighted by Gasteiger charge is -2.49. The molecule has 14 nitrogen and oxygen atoms in total. The van der Waals surface area contributed by atoms with Crippen LogP contribution in [-0.4, -0.2) is 78.6 Å². The van der Waals surface area contributed by atoms with Gasteiger partial charge in [0.1, 0.15) is 48.9 Å². The van der Waals surface area contributed by atoms with Crippen LogP contribution in [0.4, 0.5) is 5.13 Å². The van der Waals surface area contributed by atoms with Gasteiger partial charge in [-0.05, 0) is 6.07 Å². The molecule has 0 bridgehead atoms. The molecule has 5 heterocycles. The Hall–Kier alpha value is -4.44. The average molecular weight is 558 g/mol. The summed E-state index contributed by atoms with van der Waals surface area (Å²) in [4.78, 5) is 48.3. The van der Waals surface area contributed by atoms with E-state index in [4.69, 9.17) is 15.8 Å². The summed E-state index contributed by atoms with van der Waals surface area (Å²) in [5, 5.41) is 29.6. The first kappa shape index (κ1) is 25.2. The van der Waals surface area contributed by atoms with Gasteiger partial charge in [-0.25, -0.2) is 14.3 Å². The maximum atomic E-state index is 13.1. The Bertz CT molecular complexity index is 1540. The first-order valence-corrected chi connectivity index (χ1v) is 13.0. The Morgan fingerprint density at radius 2 is 2.24 bits per heavy atom. The molecule has 0 spiro atoms. The Kier molecular flexibility index (Phi) is 6.73.